The van der Waals surface area contributed by atoms with Crippen LogP contribution < -0.4 is 10.1 Å². The average Bonchev–Trinajstić information content (AvgIpc) is 3.06. The summed E-state index contributed by atoms with van der Waals surface area (Å²) >= 11 is 6.25. The number of fused-ring (bicyclic) bond motifs is 1. The van der Waals surface area contributed by atoms with E-state index in [1.165, 1.54) is 16.7 Å². The lowest BCUT2D eigenvalue weighted by molar-refractivity contribution is 0.351. The van der Waals surface area contributed by atoms with Gasteiger partial charge in [-0.3, -0.25) is 0 Å². The van der Waals surface area contributed by atoms with Crippen molar-refractivity contribution in [1.82, 2.24) is 5.32 Å². The third-order valence-electron chi connectivity index (χ3n) is 3.97. The Morgan fingerprint density at radius 3 is 2.95 bits per heavy atom. The maximum absolute atomic E-state index is 6.25. The normalized spacial score (nSPS) is 14.8. The number of ether oxygens (including phenoxy) is 1. The van der Waals surface area contributed by atoms with Crippen LogP contribution in [0.25, 0.3) is 0 Å². The van der Waals surface area contributed by atoms with E-state index in [0.717, 1.165) is 42.5 Å². The lowest BCUT2D eigenvalue weighted by Crippen LogP contribution is -2.23. The highest BCUT2D eigenvalue weighted by atomic mass is 35.5. The molecule has 21 heavy (non-hydrogen) atoms. The minimum absolute atomic E-state index is 0.209. The zero-order valence-electron chi connectivity index (χ0n) is 12.4. The number of hydrogen-bond donors (Lipinski definition) is 1. The molecule has 0 fully saturated rings. The van der Waals surface area contributed by atoms with Crippen LogP contribution in [0.3, 0.4) is 0 Å². The Morgan fingerprint density at radius 1 is 1.38 bits per heavy atom. The molecular formula is C17H20ClNO2. The molecule has 1 aromatic carbocycles. The zero-order valence-corrected chi connectivity index (χ0v) is 13.2. The molecule has 1 aromatic heterocycles. The fraction of sp³-hybridized carbons (Fsp3) is 0.412. The summed E-state index contributed by atoms with van der Waals surface area (Å²) in [6.07, 6.45) is 3.53. The topological polar surface area (TPSA) is 34.4 Å². The van der Waals surface area contributed by atoms with Gasteiger partial charge < -0.3 is 14.5 Å². The molecule has 1 aliphatic heterocycles. The minimum atomic E-state index is 0.209. The molecule has 0 spiro atoms. The molecule has 1 aliphatic rings. The van der Waals surface area contributed by atoms with Crippen molar-refractivity contribution in [2.75, 3.05) is 13.2 Å². The highest BCUT2D eigenvalue weighted by molar-refractivity contribution is 6.30. The molecule has 1 N–H and O–H groups in total. The average molecular weight is 306 g/mol. The van der Waals surface area contributed by atoms with Crippen LogP contribution in [0.2, 0.25) is 5.02 Å². The second-order valence-electron chi connectivity index (χ2n) is 5.40. The molecule has 2 heterocycles. The van der Waals surface area contributed by atoms with Crippen LogP contribution in [0, 0.1) is 6.92 Å². The number of hydrogen-bond acceptors (Lipinski definition) is 3. The SMILES string of the molecule is CCNC(Cc1cc(Cl)cc2c1OCC2)c1ccoc1C. The van der Waals surface area contributed by atoms with Crippen molar-refractivity contribution in [3.05, 3.63) is 51.9 Å². The Hall–Kier alpha value is -1.45. The lowest BCUT2D eigenvalue weighted by atomic mass is 9.97. The monoisotopic (exact) mass is 305 g/mol. The van der Waals surface area contributed by atoms with E-state index in [2.05, 4.69) is 12.2 Å². The Labute approximate surface area is 130 Å². The van der Waals surface area contributed by atoms with E-state index < -0.39 is 0 Å². The third kappa shape index (κ3) is 2.94. The first-order valence-corrected chi connectivity index (χ1v) is 7.78. The standard InChI is InChI=1S/C17H20ClNO2/c1-3-19-16(15-5-7-20-11(15)2)10-13-9-14(18)8-12-4-6-21-17(12)13/h5,7-9,16,19H,3-4,6,10H2,1-2H3. The van der Waals surface area contributed by atoms with E-state index in [0.29, 0.717) is 0 Å². The van der Waals surface area contributed by atoms with E-state index in [4.69, 9.17) is 20.8 Å². The Balaban J connectivity index is 1.92. The molecular weight excluding hydrogens is 286 g/mol. The quantitative estimate of drug-likeness (QED) is 0.904. The molecule has 1 unspecified atom stereocenters. The van der Waals surface area contributed by atoms with Gasteiger partial charge in [-0.2, -0.15) is 0 Å². The summed E-state index contributed by atoms with van der Waals surface area (Å²) in [4.78, 5) is 0. The minimum Gasteiger partial charge on any atom is -0.493 e. The molecule has 4 heteroatoms. The summed E-state index contributed by atoms with van der Waals surface area (Å²) in [5.74, 6) is 1.98. The molecule has 0 saturated carbocycles. The third-order valence-corrected chi connectivity index (χ3v) is 4.19. The Kier molecular flexibility index (Phi) is 4.22. The highest BCUT2D eigenvalue weighted by Gasteiger charge is 2.22. The first kappa shape index (κ1) is 14.5. The highest BCUT2D eigenvalue weighted by Crippen LogP contribution is 2.35. The number of rotatable bonds is 5. The second kappa shape index (κ2) is 6.12. The van der Waals surface area contributed by atoms with Gasteiger partial charge in [-0.1, -0.05) is 18.5 Å². The van der Waals surface area contributed by atoms with Gasteiger partial charge in [0.05, 0.1) is 12.9 Å². The van der Waals surface area contributed by atoms with Gasteiger partial charge in [-0.05, 0) is 49.2 Å². The molecule has 112 valence electrons. The number of nitrogens with one attached hydrogen (secondary N) is 1. The predicted octanol–water partition coefficient (Wildman–Crippen LogP) is 4.07. The van der Waals surface area contributed by atoms with Crippen LogP contribution in [0.4, 0.5) is 0 Å². The molecule has 0 bridgehead atoms. The van der Waals surface area contributed by atoms with E-state index in [1.807, 2.05) is 25.1 Å². The first-order valence-electron chi connectivity index (χ1n) is 7.40. The number of furan rings is 1. The van der Waals surface area contributed by atoms with Crippen LogP contribution in [-0.4, -0.2) is 13.2 Å². The molecule has 0 saturated heterocycles. The van der Waals surface area contributed by atoms with E-state index in [1.54, 1.807) is 6.26 Å². The number of halogens is 1. The van der Waals surface area contributed by atoms with Gasteiger partial charge in [-0.15, -0.1) is 0 Å². The number of benzene rings is 1. The van der Waals surface area contributed by atoms with Crippen molar-refractivity contribution >= 4 is 11.6 Å². The molecule has 0 radical (unpaired) electrons. The first-order chi connectivity index (χ1) is 10.2. The van der Waals surface area contributed by atoms with Crippen molar-refractivity contribution in [1.29, 1.82) is 0 Å². The van der Waals surface area contributed by atoms with Gasteiger partial charge in [0.1, 0.15) is 11.5 Å². The lowest BCUT2D eigenvalue weighted by Gasteiger charge is -2.19. The second-order valence-corrected chi connectivity index (χ2v) is 5.83. The van der Waals surface area contributed by atoms with Gasteiger partial charge in [0, 0.05) is 23.0 Å². The van der Waals surface area contributed by atoms with Crippen LogP contribution in [0.5, 0.6) is 5.75 Å². The van der Waals surface area contributed by atoms with Crippen LogP contribution in [-0.2, 0) is 12.8 Å². The summed E-state index contributed by atoms with van der Waals surface area (Å²) in [5.41, 5.74) is 3.58. The summed E-state index contributed by atoms with van der Waals surface area (Å²) in [6, 6.07) is 6.28. The zero-order chi connectivity index (χ0) is 14.8. The summed E-state index contributed by atoms with van der Waals surface area (Å²) in [5, 5.41) is 4.31. The van der Waals surface area contributed by atoms with E-state index in [9.17, 15) is 0 Å². The summed E-state index contributed by atoms with van der Waals surface area (Å²) in [7, 11) is 0. The smallest absolute Gasteiger partial charge is 0.125 e. The summed E-state index contributed by atoms with van der Waals surface area (Å²) in [6.45, 7) is 5.76. The Morgan fingerprint density at radius 2 is 2.24 bits per heavy atom. The largest absolute Gasteiger partial charge is 0.493 e. The van der Waals surface area contributed by atoms with E-state index >= 15 is 0 Å². The van der Waals surface area contributed by atoms with Crippen molar-refractivity contribution in [2.24, 2.45) is 0 Å². The number of likely N-dealkylation sites (N-methyl/N-ethyl adjacent to an activating group) is 1. The van der Waals surface area contributed by atoms with Crippen molar-refractivity contribution in [3.63, 3.8) is 0 Å². The van der Waals surface area contributed by atoms with Crippen LogP contribution in [0.1, 0.15) is 35.4 Å². The molecule has 0 amide bonds. The summed E-state index contributed by atoms with van der Waals surface area (Å²) < 4.78 is 11.2. The molecule has 2 aromatic rings. The molecule has 0 aliphatic carbocycles. The van der Waals surface area contributed by atoms with Gasteiger partial charge in [0.25, 0.3) is 0 Å². The maximum Gasteiger partial charge on any atom is 0.125 e. The molecule has 3 nitrogen and oxygen atoms in total. The van der Waals surface area contributed by atoms with E-state index in [-0.39, 0.29) is 6.04 Å². The number of aryl methyl sites for hydroxylation is 1. The van der Waals surface area contributed by atoms with Crippen molar-refractivity contribution in [3.8, 4) is 5.75 Å². The van der Waals surface area contributed by atoms with Crippen molar-refractivity contribution in [2.45, 2.75) is 32.7 Å². The van der Waals surface area contributed by atoms with Crippen LogP contribution >= 0.6 is 11.6 Å². The molecule has 3 rings (SSSR count). The molecule has 1 atom stereocenters. The predicted molar refractivity (Wildman–Crippen MR) is 84.2 cm³/mol. The fourth-order valence-corrected chi connectivity index (χ4v) is 3.28. The van der Waals surface area contributed by atoms with Crippen molar-refractivity contribution < 1.29 is 9.15 Å². The van der Waals surface area contributed by atoms with Crippen LogP contribution in [0.15, 0.2) is 28.9 Å². The fourth-order valence-electron chi connectivity index (χ4n) is 3.01. The Bertz CT molecular complexity index is 636. The van der Waals surface area contributed by atoms with Gasteiger partial charge >= 0.3 is 0 Å². The maximum atomic E-state index is 6.25. The van der Waals surface area contributed by atoms with Gasteiger partial charge in [-0.25, -0.2) is 0 Å². The van der Waals surface area contributed by atoms with Gasteiger partial charge in [0.2, 0.25) is 0 Å². The van der Waals surface area contributed by atoms with Gasteiger partial charge in [0.15, 0.2) is 0 Å².